The molecular formula is C44H22N4O2. The third-order valence-electron chi connectivity index (χ3n) is 10.2. The smallest absolute Gasteiger partial charge is 0.137 e. The Kier molecular flexibility index (Phi) is 5.16. The third-order valence-corrected chi connectivity index (χ3v) is 10.2. The van der Waals surface area contributed by atoms with Crippen LogP contribution in [0.2, 0.25) is 0 Å². The first-order valence-electron chi connectivity index (χ1n) is 16.4. The Labute approximate surface area is 283 Å². The molecule has 0 spiro atoms. The maximum atomic E-state index is 11.2. The number of nitriles is 2. The molecule has 4 heterocycles. The number of rotatable bonds is 2. The van der Waals surface area contributed by atoms with Gasteiger partial charge in [-0.15, -0.1) is 0 Å². The molecule has 6 heteroatoms. The molecular weight excluding hydrogens is 617 g/mol. The van der Waals surface area contributed by atoms with Gasteiger partial charge < -0.3 is 18.0 Å². The molecule has 0 aliphatic rings. The molecule has 0 amide bonds. The quantitative estimate of drug-likeness (QED) is 0.189. The first-order valence-corrected chi connectivity index (χ1v) is 16.4. The normalized spacial score (nSPS) is 12.0. The lowest BCUT2D eigenvalue weighted by Crippen LogP contribution is -2.05. The zero-order valence-corrected chi connectivity index (χ0v) is 26.3. The van der Waals surface area contributed by atoms with Crippen molar-refractivity contribution in [2.75, 3.05) is 0 Å². The van der Waals surface area contributed by atoms with Gasteiger partial charge in [0.25, 0.3) is 0 Å². The Balaban J connectivity index is 1.36. The van der Waals surface area contributed by atoms with Crippen molar-refractivity contribution in [3.8, 4) is 23.5 Å². The van der Waals surface area contributed by atoms with Gasteiger partial charge >= 0.3 is 0 Å². The number of furan rings is 2. The Morgan fingerprint density at radius 2 is 0.860 bits per heavy atom. The summed E-state index contributed by atoms with van der Waals surface area (Å²) in [4.78, 5) is 0. The minimum absolute atomic E-state index is 0.444. The van der Waals surface area contributed by atoms with Crippen LogP contribution in [0.1, 0.15) is 11.1 Å². The van der Waals surface area contributed by atoms with Crippen molar-refractivity contribution in [2.24, 2.45) is 0 Å². The van der Waals surface area contributed by atoms with Crippen molar-refractivity contribution in [1.82, 2.24) is 9.13 Å². The molecule has 11 rings (SSSR count). The van der Waals surface area contributed by atoms with Gasteiger partial charge in [0.2, 0.25) is 0 Å². The fourth-order valence-corrected chi connectivity index (χ4v) is 8.17. The molecule has 7 aromatic carbocycles. The van der Waals surface area contributed by atoms with E-state index in [-0.39, 0.29) is 0 Å². The Bertz CT molecular complexity index is 3150. The molecule has 0 unspecified atom stereocenters. The van der Waals surface area contributed by atoms with Crippen LogP contribution in [0.25, 0.3) is 98.9 Å². The molecule has 0 fully saturated rings. The molecule has 0 radical (unpaired) electrons. The van der Waals surface area contributed by atoms with Crippen molar-refractivity contribution in [1.29, 1.82) is 10.5 Å². The minimum atomic E-state index is 0.444. The van der Waals surface area contributed by atoms with Gasteiger partial charge in [-0.2, -0.15) is 10.5 Å². The van der Waals surface area contributed by atoms with Crippen LogP contribution in [0.3, 0.4) is 0 Å². The van der Waals surface area contributed by atoms with Crippen molar-refractivity contribution >= 4 is 87.5 Å². The largest absolute Gasteiger partial charge is 0.456 e. The van der Waals surface area contributed by atoms with Gasteiger partial charge in [0.15, 0.2) is 0 Å². The summed E-state index contributed by atoms with van der Waals surface area (Å²) < 4.78 is 17.0. The second-order valence-electron chi connectivity index (χ2n) is 12.7. The topological polar surface area (TPSA) is 83.7 Å². The average molecular weight is 639 g/mol. The number of para-hydroxylation sites is 4. The van der Waals surface area contributed by atoms with Crippen LogP contribution in [0.5, 0.6) is 0 Å². The highest BCUT2D eigenvalue weighted by Gasteiger charge is 2.25. The molecule has 4 aromatic heterocycles. The van der Waals surface area contributed by atoms with Gasteiger partial charge in [-0.3, -0.25) is 0 Å². The summed E-state index contributed by atoms with van der Waals surface area (Å²) in [5, 5.41) is 29.9. The van der Waals surface area contributed by atoms with Gasteiger partial charge in [-0.25, -0.2) is 0 Å². The molecule has 0 saturated carbocycles. The zero-order valence-electron chi connectivity index (χ0n) is 26.3. The molecule has 0 aliphatic heterocycles. The van der Waals surface area contributed by atoms with Crippen LogP contribution in [0.15, 0.2) is 142 Å². The van der Waals surface area contributed by atoms with Gasteiger partial charge in [0, 0.05) is 32.3 Å². The number of fused-ring (bicyclic) bond motifs is 14. The average Bonchev–Trinajstić information content (AvgIpc) is 3.91. The zero-order chi connectivity index (χ0) is 33.1. The second-order valence-corrected chi connectivity index (χ2v) is 12.7. The van der Waals surface area contributed by atoms with E-state index in [9.17, 15) is 10.5 Å². The monoisotopic (exact) mass is 638 g/mol. The lowest BCUT2D eigenvalue weighted by molar-refractivity contribution is 0.669. The van der Waals surface area contributed by atoms with E-state index in [1.54, 1.807) is 0 Å². The van der Waals surface area contributed by atoms with Crippen molar-refractivity contribution < 1.29 is 8.83 Å². The third kappa shape index (κ3) is 3.34. The molecule has 0 aliphatic carbocycles. The van der Waals surface area contributed by atoms with E-state index in [1.807, 2.05) is 84.9 Å². The van der Waals surface area contributed by atoms with Crippen LogP contribution in [0.4, 0.5) is 0 Å². The first-order chi connectivity index (χ1) is 24.7. The predicted octanol–water partition coefficient (Wildman–Crippen LogP) is 11.4. The van der Waals surface area contributed by atoms with Gasteiger partial charge in [-0.1, -0.05) is 72.8 Å². The molecule has 50 heavy (non-hydrogen) atoms. The molecule has 230 valence electrons. The SMILES string of the molecule is N#Cc1cc(-n2c3ccccc3c3ccc4oc5ccccc5c4c32)c(C#N)c(-n2c3ccccc3c3ccc4oc5ccccc5c4c32)c1. The molecule has 0 atom stereocenters. The van der Waals surface area contributed by atoms with Crippen LogP contribution < -0.4 is 0 Å². The van der Waals surface area contributed by atoms with Crippen LogP contribution >= 0.6 is 0 Å². The van der Waals surface area contributed by atoms with Gasteiger partial charge in [0.1, 0.15) is 34.0 Å². The van der Waals surface area contributed by atoms with E-state index in [2.05, 4.69) is 69.8 Å². The highest BCUT2D eigenvalue weighted by molar-refractivity contribution is 6.26. The lowest BCUT2D eigenvalue weighted by Gasteiger charge is -2.17. The summed E-state index contributed by atoms with van der Waals surface area (Å²) in [6, 6.07) is 49.5. The number of nitrogens with zero attached hydrogens (tertiary/aromatic N) is 4. The van der Waals surface area contributed by atoms with E-state index in [0.717, 1.165) is 87.5 Å². The number of aromatic nitrogens is 2. The van der Waals surface area contributed by atoms with E-state index in [1.165, 1.54) is 0 Å². The van der Waals surface area contributed by atoms with E-state index in [4.69, 9.17) is 8.83 Å². The maximum Gasteiger partial charge on any atom is 0.137 e. The van der Waals surface area contributed by atoms with Gasteiger partial charge in [0.05, 0.1) is 55.8 Å². The Morgan fingerprint density at radius 3 is 1.32 bits per heavy atom. The highest BCUT2D eigenvalue weighted by Crippen LogP contribution is 2.44. The number of benzene rings is 7. The fraction of sp³-hybridized carbons (Fsp3) is 0. The fourth-order valence-electron chi connectivity index (χ4n) is 8.17. The number of hydrogen-bond acceptors (Lipinski definition) is 4. The van der Waals surface area contributed by atoms with Crippen LogP contribution in [-0.4, -0.2) is 9.13 Å². The van der Waals surface area contributed by atoms with Crippen molar-refractivity contribution in [3.05, 3.63) is 145 Å². The molecule has 6 nitrogen and oxygen atoms in total. The van der Waals surface area contributed by atoms with Gasteiger partial charge in [-0.05, 0) is 60.7 Å². The summed E-state index contributed by atoms with van der Waals surface area (Å²) in [5.74, 6) is 0. The maximum absolute atomic E-state index is 11.2. The first kappa shape index (κ1) is 26.8. The number of hydrogen-bond donors (Lipinski definition) is 0. The van der Waals surface area contributed by atoms with E-state index < -0.39 is 0 Å². The van der Waals surface area contributed by atoms with Crippen molar-refractivity contribution in [3.63, 3.8) is 0 Å². The second kappa shape index (κ2) is 9.64. The standard InChI is InChI=1S/C44H22N4O2/c45-23-25-21-35(47-33-13-5-1-9-26(33)28-17-19-39-41(43(28)47)30-11-3-7-15-37(30)49-39)32(24-46)36(22-25)48-34-14-6-2-10-27(34)29-18-20-40-42(44(29)48)31-12-4-8-16-38(31)50-40/h1-22H. The molecule has 0 bridgehead atoms. The summed E-state index contributed by atoms with van der Waals surface area (Å²) in [5.41, 5.74) is 8.97. The summed E-state index contributed by atoms with van der Waals surface area (Å²) in [6.45, 7) is 0. The van der Waals surface area contributed by atoms with E-state index in [0.29, 0.717) is 22.5 Å². The summed E-state index contributed by atoms with van der Waals surface area (Å²) in [7, 11) is 0. The Hall–Kier alpha value is -7.28. The van der Waals surface area contributed by atoms with Crippen LogP contribution in [-0.2, 0) is 0 Å². The van der Waals surface area contributed by atoms with E-state index >= 15 is 0 Å². The van der Waals surface area contributed by atoms with Crippen LogP contribution in [0, 0.1) is 22.7 Å². The Morgan fingerprint density at radius 1 is 0.420 bits per heavy atom. The molecule has 0 N–H and O–H groups in total. The lowest BCUT2D eigenvalue weighted by atomic mass is 10.0. The van der Waals surface area contributed by atoms with Crippen molar-refractivity contribution in [2.45, 2.75) is 0 Å². The molecule has 0 saturated heterocycles. The summed E-state index contributed by atoms with van der Waals surface area (Å²) in [6.07, 6.45) is 0. The molecule has 11 aromatic rings. The predicted molar refractivity (Wildman–Crippen MR) is 199 cm³/mol. The summed E-state index contributed by atoms with van der Waals surface area (Å²) >= 11 is 0. The minimum Gasteiger partial charge on any atom is -0.456 e. The highest BCUT2D eigenvalue weighted by atomic mass is 16.3.